The van der Waals surface area contributed by atoms with Crippen LogP contribution in [0.25, 0.3) is 17.0 Å². The van der Waals surface area contributed by atoms with Crippen molar-refractivity contribution in [2.45, 2.75) is 65.7 Å². The second-order valence-corrected chi connectivity index (χ2v) is 10.3. The first-order chi connectivity index (χ1) is 18.4. The Labute approximate surface area is 228 Å². The molecule has 0 saturated heterocycles. The topological polar surface area (TPSA) is 53.8 Å². The number of nitrogens with zero attached hydrogens (tertiary/aromatic N) is 2. The van der Waals surface area contributed by atoms with Crippen molar-refractivity contribution in [1.29, 1.82) is 0 Å². The van der Waals surface area contributed by atoms with Crippen LogP contribution in [-0.4, -0.2) is 55.2 Å². The lowest BCUT2D eigenvalue weighted by atomic mass is 9.96. The molecule has 5 nitrogen and oxygen atoms in total. The van der Waals surface area contributed by atoms with E-state index in [1.165, 1.54) is 25.7 Å². The molecule has 1 amide bonds. The molecule has 1 heterocycles. The molecule has 0 N–H and O–H groups in total. The maximum absolute atomic E-state index is 13.8. The van der Waals surface area contributed by atoms with Crippen molar-refractivity contribution in [2.75, 3.05) is 33.7 Å². The molecule has 0 aliphatic rings. The van der Waals surface area contributed by atoms with Gasteiger partial charge in [-0.1, -0.05) is 76.5 Å². The van der Waals surface area contributed by atoms with E-state index in [1.807, 2.05) is 24.3 Å². The quantitative estimate of drug-likeness (QED) is 0.195. The number of carbonyl (C=O) groups excluding carboxylic acids is 2. The maximum atomic E-state index is 13.8. The van der Waals surface area contributed by atoms with Gasteiger partial charge in [0.05, 0.1) is 5.56 Å². The minimum Gasteiger partial charge on any atom is -0.460 e. The molecule has 0 aliphatic heterocycles. The van der Waals surface area contributed by atoms with Gasteiger partial charge in [-0.25, -0.2) is 0 Å². The average Bonchev–Trinajstić information content (AvgIpc) is 3.29. The predicted molar refractivity (Wildman–Crippen MR) is 158 cm³/mol. The zero-order chi connectivity index (χ0) is 27.5. The number of carbonyl (C=O) groups is 2. The number of hydrogen-bond acceptors (Lipinski definition) is 4. The van der Waals surface area contributed by atoms with Gasteiger partial charge < -0.3 is 9.32 Å². The summed E-state index contributed by atoms with van der Waals surface area (Å²) in [7, 11) is 3.45. The fourth-order valence-corrected chi connectivity index (χ4v) is 4.59. The van der Waals surface area contributed by atoms with Crippen LogP contribution >= 0.6 is 0 Å². The molecule has 0 spiro atoms. The molecular weight excluding hydrogens is 472 g/mol. The monoisotopic (exact) mass is 516 g/mol. The van der Waals surface area contributed by atoms with Crippen LogP contribution in [0.3, 0.4) is 0 Å². The number of aryl methyl sites for hydroxylation is 1. The number of rotatable bonds is 15. The van der Waals surface area contributed by atoms with Crippen molar-refractivity contribution in [1.82, 2.24) is 9.80 Å². The molecule has 0 aliphatic carbocycles. The van der Waals surface area contributed by atoms with E-state index in [2.05, 4.69) is 37.8 Å². The zero-order valence-corrected chi connectivity index (χ0v) is 23.9. The number of furan rings is 1. The van der Waals surface area contributed by atoms with E-state index in [0.29, 0.717) is 39.8 Å². The minimum absolute atomic E-state index is 0.0647. The van der Waals surface area contributed by atoms with Crippen LogP contribution in [0.15, 0.2) is 53.0 Å². The standard InChI is InChI=1S/C33H44N2O3/c1-6-9-14-30-31(28-24-27(33(37)34(4)5)19-20-29(28)38-30)32(36)26-17-15-25(16-18-26)13-12-23-35(21-10-7-2)22-11-8-3/h12-13,15-20,24H,6-11,14,21-23H2,1-5H3. The summed E-state index contributed by atoms with van der Waals surface area (Å²) in [5.41, 5.74) is 3.47. The molecule has 3 aromatic rings. The van der Waals surface area contributed by atoms with Crippen LogP contribution in [0.4, 0.5) is 0 Å². The Morgan fingerprint density at radius 1 is 0.842 bits per heavy atom. The number of unbranched alkanes of at least 4 members (excludes halogenated alkanes) is 3. The van der Waals surface area contributed by atoms with Gasteiger partial charge in [0.1, 0.15) is 11.3 Å². The first kappa shape index (κ1) is 29.4. The lowest BCUT2D eigenvalue weighted by Gasteiger charge is -2.19. The SMILES string of the molecule is CCCCc1oc2ccc(C(=O)N(C)C)cc2c1C(=O)c1ccc(C=CCN(CCCC)CCCC)cc1. The molecule has 0 atom stereocenters. The molecule has 1 aromatic heterocycles. The molecule has 5 heteroatoms. The Morgan fingerprint density at radius 3 is 2.08 bits per heavy atom. The Hall–Kier alpha value is -3.18. The van der Waals surface area contributed by atoms with Crippen molar-refractivity contribution < 1.29 is 14.0 Å². The third-order valence-electron chi connectivity index (χ3n) is 6.90. The van der Waals surface area contributed by atoms with Gasteiger partial charge in [-0.05, 0) is 56.1 Å². The third kappa shape index (κ3) is 7.67. The fraction of sp³-hybridized carbons (Fsp3) is 0.455. The Kier molecular flexibility index (Phi) is 11.3. The molecule has 2 aromatic carbocycles. The van der Waals surface area contributed by atoms with E-state index in [-0.39, 0.29) is 11.7 Å². The summed E-state index contributed by atoms with van der Waals surface area (Å²) in [5.74, 6) is 0.537. The van der Waals surface area contributed by atoms with Gasteiger partial charge in [0, 0.05) is 43.6 Å². The van der Waals surface area contributed by atoms with Crippen LogP contribution in [0, 0.1) is 0 Å². The average molecular weight is 517 g/mol. The number of fused-ring (bicyclic) bond motifs is 1. The molecule has 0 saturated carbocycles. The zero-order valence-electron chi connectivity index (χ0n) is 23.9. The van der Waals surface area contributed by atoms with Crippen molar-refractivity contribution >= 4 is 28.7 Å². The number of benzene rings is 2. The lowest BCUT2D eigenvalue weighted by molar-refractivity contribution is 0.0827. The summed E-state index contributed by atoms with van der Waals surface area (Å²) in [6.07, 6.45) is 11.9. The highest BCUT2D eigenvalue weighted by molar-refractivity contribution is 6.17. The van der Waals surface area contributed by atoms with Gasteiger partial charge in [0.2, 0.25) is 0 Å². The van der Waals surface area contributed by atoms with Crippen molar-refractivity contribution in [2.24, 2.45) is 0 Å². The smallest absolute Gasteiger partial charge is 0.253 e. The minimum atomic E-state index is -0.0966. The van der Waals surface area contributed by atoms with Gasteiger partial charge in [-0.2, -0.15) is 0 Å². The maximum Gasteiger partial charge on any atom is 0.253 e. The van der Waals surface area contributed by atoms with Crippen molar-refractivity contribution in [3.05, 3.63) is 76.6 Å². The highest BCUT2D eigenvalue weighted by atomic mass is 16.3. The molecule has 0 unspecified atom stereocenters. The molecule has 38 heavy (non-hydrogen) atoms. The van der Waals surface area contributed by atoms with Crippen LogP contribution < -0.4 is 0 Å². The van der Waals surface area contributed by atoms with Crippen molar-refractivity contribution in [3.63, 3.8) is 0 Å². The number of ketones is 1. The number of hydrogen-bond donors (Lipinski definition) is 0. The highest BCUT2D eigenvalue weighted by Gasteiger charge is 2.23. The largest absolute Gasteiger partial charge is 0.460 e. The summed E-state index contributed by atoms with van der Waals surface area (Å²) < 4.78 is 6.13. The van der Waals surface area contributed by atoms with Crippen LogP contribution in [0.5, 0.6) is 0 Å². The summed E-state index contributed by atoms with van der Waals surface area (Å²) in [5, 5.41) is 0.706. The lowest BCUT2D eigenvalue weighted by Crippen LogP contribution is -2.26. The molecule has 0 radical (unpaired) electrons. The first-order valence-corrected chi connectivity index (χ1v) is 14.2. The fourth-order valence-electron chi connectivity index (χ4n) is 4.59. The van der Waals surface area contributed by atoms with Crippen molar-refractivity contribution in [3.8, 4) is 0 Å². The van der Waals surface area contributed by atoms with Gasteiger partial charge in [0.15, 0.2) is 5.78 Å². The number of amides is 1. The molecular formula is C33H44N2O3. The Bertz CT molecular complexity index is 1210. The van der Waals surface area contributed by atoms with E-state index in [9.17, 15) is 9.59 Å². The summed E-state index contributed by atoms with van der Waals surface area (Å²) in [6.45, 7) is 9.80. The van der Waals surface area contributed by atoms with E-state index in [0.717, 1.165) is 38.0 Å². The van der Waals surface area contributed by atoms with Crippen LogP contribution in [0.2, 0.25) is 0 Å². The van der Waals surface area contributed by atoms with Gasteiger partial charge >= 0.3 is 0 Å². The summed E-state index contributed by atoms with van der Waals surface area (Å²) in [6, 6.07) is 13.2. The van der Waals surface area contributed by atoms with Crippen LogP contribution in [0.1, 0.15) is 96.9 Å². The highest BCUT2D eigenvalue weighted by Crippen LogP contribution is 2.31. The molecule has 3 rings (SSSR count). The van der Waals surface area contributed by atoms with E-state index in [4.69, 9.17) is 4.42 Å². The second-order valence-electron chi connectivity index (χ2n) is 10.3. The summed E-state index contributed by atoms with van der Waals surface area (Å²) >= 11 is 0. The van der Waals surface area contributed by atoms with Gasteiger partial charge in [-0.3, -0.25) is 14.5 Å². The molecule has 0 bridgehead atoms. The second kappa shape index (κ2) is 14.7. The Balaban J connectivity index is 1.84. The van der Waals surface area contributed by atoms with Gasteiger partial charge in [-0.15, -0.1) is 0 Å². The predicted octanol–water partition coefficient (Wildman–Crippen LogP) is 7.62. The third-order valence-corrected chi connectivity index (χ3v) is 6.90. The first-order valence-electron chi connectivity index (χ1n) is 14.2. The van der Waals surface area contributed by atoms with E-state index in [1.54, 1.807) is 37.2 Å². The Morgan fingerprint density at radius 2 is 1.47 bits per heavy atom. The molecule has 0 fully saturated rings. The normalized spacial score (nSPS) is 11.6. The van der Waals surface area contributed by atoms with E-state index >= 15 is 0 Å². The summed E-state index contributed by atoms with van der Waals surface area (Å²) in [4.78, 5) is 30.4. The molecule has 204 valence electrons. The van der Waals surface area contributed by atoms with Crippen LogP contribution in [-0.2, 0) is 6.42 Å². The van der Waals surface area contributed by atoms with E-state index < -0.39 is 0 Å². The van der Waals surface area contributed by atoms with Gasteiger partial charge in [0.25, 0.3) is 5.91 Å².